The number of hydrogen-bond acceptors (Lipinski definition) is 4. The number of rotatable bonds is 5. The Balaban J connectivity index is 0.00000145. The predicted molar refractivity (Wildman–Crippen MR) is 117 cm³/mol. The van der Waals surface area contributed by atoms with Gasteiger partial charge in [-0.25, -0.2) is 0 Å². The normalized spacial score (nSPS) is 19.6. The molecule has 2 heterocycles. The molecule has 2 fully saturated rings. The summed E-state index contributed by atoms with van der Waals surface area (Å²) in [6.07, 6.45) is 10.7. The molecule has 0 unspecified atom stereocenters. The Bertz CT molecular complexity index is 735. The highest BCUT2D eigenvalue weighted by molar-refractivity contribution is 6.42. The highest BCUT2D eigenvalue weighted by atomic mass is 35.5. The molecule has 2 N–H and O–H groups in total. The van der Waals surface area contributed by atoms with Gasteiger partial charge in [0.05, 0.1) is 29.1 Å². The number of nitrogens with zero attached hydrogens (tertiary/aromatic N) is 3. The number of terminal acetylenes is 1. The number of piperazine rings is 1. The van der Waals surface area contributed by atoms with Crippen molar-refractivity contribution < 1.29 is 9.59 Å². The van der Waals surface area contributed by atoms with Crippen molar-refractivity contribution in [3.63, 3.8) is 0 Å². The summed E-state index contributed by atoms with van der Waals surface area (Å²) in [6.45, 7) is 4.51. The summed E-state index contributed by atoms with van der Waals surface area (Å²) in [7, 11) is 0. The van der Waals surface area contributed by atoms with Gasteiger partial charge in [0.1, 0.15) is 0 Å². The fourth-order valence-corrected chi connectivity index (χ4v) is 4.21. The number of benzene rings is 1. The van der Waals surface area contributed by atoms with Gasteiger partial charge in [0.2, 0.25) is 11.8 Å². The molecule has 0 spiro atoms. The van der Waals surface area contributed by atoms with Crippen LogP contribution in [0.5, 0.6) is 0 Å². The van der Waals surface area contributed by atoms with Crippen molar-refractivity contribution in [2.75, 3.05) is 45.8 Å². The van der Waals surface area contributed by atoms with Gasteiger partial charge in [-0.1, -0.05) is 29.3 Å². The molecule has 6 nitrogen and oxygen atoms in total. The highest BCUT2D eigenvalue weighted by Crippen LogP contribution is 2.24. The van der Waals surface area contributed by atoms with E-state index < -0.39 is 0 Å². The van der Waals surface area contributed by atoms with Crippen molar-refractivity contribution in [2.24, 2.45) is 5.73 Å². The van der Waals surface area contributed by atoms with Gasteiger partial charge in [-0.05, 0) is 43.6 Å². The quantitative estimate of drug-likeness (QED) is 0.712. The van der Waals surface area contributed by atoms with Crippen molar-refractivity contribution in [3.05, 3.63) is 33.8 Å². The first-order valence-corrected chi connectivity index (χ1v) is 10.5. The van der Waals surface area contributed by atoms with E-state index in [-0.39, 0.29) is 30.8 Å². The van der Waals surface area contributed by atoms with E-state index in [1.807, 2.05) is 11.0 Å². The Morgan fingerprint density at radius 3 is 2.34 bits per heavy atom. The second-order valence-electron chi connectivity index (χ2n) is 7.22. The SMILES string of the molecule is C#C.NCC(=O)N1CCN(C(=O)Cc2ccc(Cl)c(Cl)c2)[C@H](CN2CCCC2)C1. The lowest BCUT2D eigenvalue weighted by Gasteiger charge is -2.43. The molecule has 0 saturated carbocycles. The lowest BCUT2D eigenvalue weighted by Crippen LogP contribution is -2.60. The average molecular weight is 439 g/mol. The molecule has 29 heavy (non-hydrogen) atoms. The summed E-state index contributed by atoms with van der Waals surface area (Å²) in [5.41, 5.74) is 6.37. The molecule has 1 aromatic carbocycles. The van der Waals surface area contributed by atoms with Crippen LogP contribution >= 0.6 is 23.2 Å². The van der Waals surface area contributed by atoms with Crippen LogP contribution in [0.2, 0.25) is 10.0 Å². The van der Waals surface area contributed by atoms with Crippen LogP contribution in [0.3, 0.4) is 0 Å². The van der Waals surface area contributed by atoms with Crippen molar-refractivity contribution in [1.29, 1.82) is 0 Å². The van der Waals surface area contributed by atoms with E-state index in [9.17, 15) is 9.59 Å². The number of hydrogen-bond donors (Lipinski definition) is 1. The minimum absolute atomic E-state index is 0.00759. The second-order valence-corrected chi connectivity index (χ2v) is 8.03. The van der Waals surface area contributed by atoms with E-state index in [0.29, 0.717) is 29.7 Å². The smallest absolute Gasteiger partial charge is 0.236 e. The van der Waals surface area contributed by atoms with Gasteiger partial charge in [-0.3, -0.25) is 9.59 Å². The minimum Gasteiger partial charge on any atom is -0.338 e. The van der Waals surface area contributed by atoms with Crippen LogP contribution in [0.1, 0.15) is 18.4 Å². The van der Waals surface area contributed by atoms with Crippen LogP contribution in [0, 0.1) is 12.8 Å². The molecule has 0 radical (unpaired) electrons. The number of carbonyl (C=O) groups excluding carboxylic acids is 2. The summed E-state index contributed by atoms with van der Waals surface area (Å²) in [6, 6.07) is 5.27. The number of carbonyl (C=O) groups is 2. The summed E-state index contributed by atoms with van der Waals surface area (Å²) in [5, 5.41) is 0.933. The van der Waals surface area contributed by atoms with Crippen molar-refractivity contribution in [1.82, 2.24) is 14.7 Å². The average Bonchev–Trinajstić information content (AvgIpc) is 3.24. The first-order valence-electron chi connectivity index (χ1n) is 9.75. The zero-order valence-electron chi connectivity index (χ0n) is 16.5. The third-order valence-corrected chi connectivity index (χ3v) is 6.08. The van der Waals surface area contributed by atoms with E-state index in [1.54, 1.807) is 17.0 Å². The van der Waals surface area contributed by atoms with Crippen molar-refractivity contribution in [3.8, 4) is 12.8 Å². The predicted octanol–water partition coefficient (Wildman–Crippen LogP) is 1.88. The minimum atomic E-state index is -0.0574. The standard InChI is InChI=1S/C19H26Cl2N4O2.C2H2/c20-16-4-3-14(9-17(16)21)10-18(26)25-8-7-24(19(27)11-22)13-15(25)12-23-5-1-2-6-23;1-2/h3-4,9,15H,1-2,5-8,10-13,22H2;1-2H/t15-;/m1./s1. The number of nitrogens with two attached hydrogens (primary N) is 1. The first-order chi connectivity index (χ1) is 14.0. The first kappa shape index (κ1) is 23.5. The Labute approximate surface area is 182 Å². The van der Waals surface area contributed by atoms with E-state index >= 15 is 0 Å². The van der Waals surface area contributed by atoms with Crippen LogP contribution < -0.4 is 5.73 Å². The van der Waals surface area contributed by atoms with Crippen molar-refractivity contribution >= 4 is 35.0 Å². The fourth-order valence-electron chi connectivity index (χ4n) is 3.88. The number of likely N-dealkylation sites (tertiary alicyclic amines) is 1. The summed E-state index contributed by atoms with van der Waals surface area (Å²) in [4.78, 5) is 31.1. The Morgan fingerprint density at radius 1 is 1.03 bits per heavy atom. The molecule has 8 heteroatoms. The van der Waals surface area contributed by atoms with Crippen LogP contribution in [-0.4, -0.2) is 78.4 Å². The summed E-state index contributed by atoms with van der Waals surface area (Å²) in [5.74, 6) is -0.00422. The van der Waals surface area contributed by atoms with Crippen LogP contribution in [-0.2, 0) is 16.0 Å². The molecule has 2 amide bonds. The van der Waals surface area contributed by atoms with E-state index in [1.165, 1.54) is 12.8 Å². The van der Waals surface area contributed by atoms with Crippen molar-refractivity contribution in [2.45, 2.75) is 25.3 Å². The van der Waals surface area contributed by atoms with E-state index in [2.05, 4.69) is 17.7 Å². The molecule has 2 saturated heterocycles. The third-order valence-electron chi connectivity index (χ3n) is 5.34. The second kappa shape index (κ2) is 11.4. The van der Waals surface area contributed by atoms with Gasteiger partial charge >= 0.3 is 0 Å². The molecule has 0 aliphatic carbocycles. The molecule has 0 aromatic heterocycles. The molecule has 2 aliphatic rings. The number of amides is 2. The van der Waals surface area contributed by atoms with Crippen LogP contribution in [0.25, 0.3) is 0 Å². The Hall–Kier alpha value is -1.78. The van der Waals surface area contributed by atoms with Gasteiger partial charge in [-0.2, -0.15) is 0 Å². The molecule has 1 atom stereocenters. The van der Waals surface area contributed by atoms with Gasteiger partial charge in [0.25, 0.3) is 0 Å². The Kier molecular flexibility index (Phi) is 9.25. The largest absolute Gasteiger partial charge is 0.338 e. The van der Waals surface area contributed by atoms with E-state index in [4.69, 9.17) is 28.9 Å². The zero-order valence-corrected chi connectivity index (χ0v) is 18.0. The maximum atomic E-state index is 13.0. The fraction of sp³-hybridized carbons (Fsp3) is 0.524. The molecule has 1 aromatic rings. The maximum Gasteiger partial charge on any atom is 0.236 e. The molecular weight excluding hydrogens is 411 g/mol. The van der Waals surface area contributed by atoms with Crippen LogP contribution in [0.15, 0.2) is 18.2 Å². The van der Waals surface area contributed by atoms with Gasteiger partial charge in [-0.15, -0.1) is 12.8 Å². The van der Waals surface area contributed by atoms with Gasteiger partial charge in [0.15, 0.2) is 0 Å². The zero-order chi connectivity index (χ0) is 21.4. The van der Waals surface area contributed by atoms with E-state index in [0.717, 1.165) is 25.2 Å². The maximum absolute atomic E-state index is 13.0. The lowest BCUT2D eigenvalue weighted by atomic mass is 10.1. The third kappa shape index (κ3) is 6.35. The van der Waals surface area contributed by atoms with Crippen LogP contribution in [0.4, 0.5) is 0 Å². The topological polar surface area (TPSA) is 69.9 Å². The summed E-state index contributed by atoms with van der Waals surface area (Å²) < 4.78 is 0. The number of halogens is 2. The molecule has 0 bridgehead atoms. The Morgan fingerprint density at radius 2 is 1.72 bits per heavy atom. The van der Waals surface area contributed by atoms with Gasteiger partial charge < -0.3 is 20.4 Å². The molecule has 2 aliphatic heterocycles. The molecule has 158 valence electrons. The lowest BCUT2D eigenvalue weighted by molar-refractivity contribution is -0.142. The monoisotopic (exact) mass is 438 g/mol. The van der Waals surface area contributed by atoms with Gasteiger partial charge in [0, 0.05) is 26.2 Å². The summed E-state index contributed by atoms with van der Waals surface area (Å²) >= 11 is 12.0. The molecular formula is C21H28Cl2N4O2. The molecule has 3 rings (SSSR count). The highest BCUT2D eigenvalue weighted by Gasteiger charge is 2.33.